The van der Waals surface area contributed by atoms with Crippen molar-refractivity contribution in [2.45, 2.75) is 64.0 Å². The van der Waals surface area contributed by atoms with Crippen molar-refractivity contribution in [2.75, 3.05) is 20.6 Å². The predicted octanol–water partition coefficient (Wildman–Crippen LogP) is 5.40. The Labute approximate surface area is 224 Å². The molecule has 200 valence electrons. The zero-order chi connectivity index (χ0) is 27.3. The van der Waals surface area contributed by atoms with E-state index in [-0.39, 0.29) is 24.8 Å². The smallest absolute Gasteiger partial charge is 0.410 e. The number of aliphatic carboxylic acids is 1. The molecule has 3 atom stereocenters. The number of hydrogen-bond acceptors (Lipinski definition) is 4. The number of carbonyl (C=O) groups is 3. The molecule has 0 spiro atoms. The lowest BCUT2D eigenvalue weighted by Crippen LogP contribution is -2.49. The Morgan fingerprint density at radius 1 is 1.08 bits per heavy atom. The summed E-state index contributed by atoms with van der Waals surface area (Å²) < 4.78 is 5.58. The molecule has 2 unspecified atom stereocenters. The maximum atomic E-state index is 13.7. The first-order valence-electron chi connectivity index (χ1n) is 12.6. The molecule has 2 aromatic carbocycles. The van der Waals surface area contributed by atoms with Gasteiger partial charge in [-0.05, 0) is 74.8 Å². The van der Waals surface area contributed by atoms with Crippen LogP contribution in [-0.2, 0) is 27.2 Å². The van der Waals surface area contributed by atoms with Gasteiger partial charge >= 0.3 is 12.1 Å². The summed E-state index contributed by atoms with van der Waals surface area (Å²) in [6.07, 6.45) is 1.31. The molecule has 2 aromatic rings. The third kappa shape index (κ3) is 7.71. The first kappa shape index (κ1) is 28.5. The molecule has 0 heterocycles. The van der Waals surface area contributed by atoms with Gasteiger partial charge in [-0.3, -0.25) is 9.59 Å². The van der Waals surface area contributed by atoms with E-state index >= 15 is 0 Å². The Kier molecular flexibility index (Phi) is 9.24. The molecule has 0 saturated carbocycles. The summed E-state index contributed by atoms with van der Waals surface area (Å²) >= 11 is 6.05. The lowest BCUT2D eigenvalue weighted by molar-refractivity contribution is -0.145. The van der Waals surface area contributed by atoms with Gasteiger partial charge in [0.05, 0.1) is 18.4 Å². The largest absolute Gasteiger partial charge is 0.481 e. The monoisotopic (exact) mass is 528 g/mol. The number of carboxylic acid groups (broad SMARTS) is 1. The number of aryl methyl sites for hydroxylation is 1. The van der Waals surface area contributed by atoms with Gasteiger partial charge in [0.2, 0.25) is 5.91 Å². The third-order valence-corrected chi connectivity index (χ3v) is 7.10. The second-order valence-corrected chi connectivity index (χ2v) is 11.3. The van der Waals surface area contributed by atoms with E-state index in [4.69, 9.17) is 16.3 Å². The lowest BCUT2D eigenvalue weighted by atomic mass is 9.84. The van der Waals surface area contributed by atoms with Crippen LogP contribution in [0.5, 0.6) is 0 Å². The highest BCUT2D eigenvalue weighted by molar-refractivity contribution is 6.30. The number of carboxylic acids is 1. The molecule has 1 N–H and O–H groups in total. The van der Waals surface area contributed by atoms with E-state index in [0.29, 0.717) is 11.4 Å². The minimum Gasteiger partial charge on any atom is -0.481 e. The van der Waals surface area contributed by atoms with Gasteiger partial charge in [-0.15, -0.1) is 0 Å². The maximum absolute atomic E-state index is 13.7. The fourth-order valence-electron chi connectivity index (χ4n) is 4.99. The predicted molar refractivity (Wildman–Crippen MR) is 144 cm³/mol. The zero-order valence-electron chi connectivity index (χ0n) is 22.2. The normalized spacial score (nSPS) is 16.4. The van der Waals surface area contributed by atoms with Gasteiger partial charge in [-0.1, -0.05) is 48.0 Å². The van der Waals surface area contributed by atoms with Gasteiger partial charge in [-0.2, -0.15) is 0 Å². The summed E-state index contributed by atoms with van der Waals surface area (Å²) in [5, 5.41) is 10.3. The van der Waals surface area contributed by atoms with Crippen molar-refractivity contribution in [1.82, 2.24) is 9.80 Å². The van der Waals surface area contributed by atoms with Gasteiger partial charge in [-0.25, -0.2) is 4.79 Å². The highest BCUT2D eigenvalue weighted by Gasteiger charge is 2.38. The highest BCUT2D eigenvalue weighted by Crippen LogP contribution is 2.40. The summed E-state index contributed by atoms with van der Waals surface area (Å²) in [6, 6.07) is 14.9. The number of benzene rings is 2. The Bertz CT molecular complexity index is 1110. The van der Waals surface area contributed by atoms with Gasteiger partial charge in [0.25, 0.3) is 0 Å². The van der Waals surface area contributed by atoms with Crippen LogP contribution in [0.3, 0.4) is 0 Å². The molecule has 0 fully saturated rings. The minimum atomic E-state index is -1.00. The number of hydrogen-bond donors (Lipinski definition) is 1. The molecule has 2 amide bonds. The third-order valence-electron chi connectivity index (χ3n) is 6.85. The van der Waals surface area contributed by atoms with Crippen LogP contribution in [0.25, 0.3) is 0 Å². The van der Waals surface area contributed by atoms with E-state index in [0.717, 1.165) is 24.0 Å². The summed E-state index contributed by atoms with van der Waals surface area (Å²) in [4.78, 5) is 41.5. The van der Waals surface area contributed by atoms with Crippen molar-refractivity contribution in [3.63, 3.8) is 0 Å². The van der Waals surface area contributed by atoms with Gasteiger partial charge in [0.1, 0.15) is 5.60 Å². The molecule has 0 aromatic heterocycles. The van der Waals surface area contributed by atoms with Crippen molar-refractivity contribution < 1.29 is 24.2 Å². The number of amides is 2. The van der Waals surface area contributed by atoms with Crippen molar-refractivity contribution in [3.05, 3.63) is 70.2 Å². The summed E-state index contributed by atoms with van der Waals surface area (Å²) in [7, 11) is 3.34. The van der Waals surface area contributed by atoms with Gasteiger partial charge in [0, 0.05) is 25.7 Å². The molecular weight excluding hydrogens is 492 g/mol. The van der Waals surface area contributed by atoms with Gasteiger partial charge in [0.15, 0.2) is 0 Å². The number of likely N-dealkylation sites (N-methyl/N-ethyl adjacent to an activating group) is 2. The SMILES string of the molecule is CN(CC(Cc1ccc(Cl)cc1)N(C)C(=O)OC(C)(C)C)C(=O)C(CC(=O)O)[C@H]1CCc2ccccc21. The molecule has 7 nitrogen and oxygen atoms in total. The summed E-state index contributed by atoms with van der Waals surface area (Å²) in [5.74, 6) is -2.07. The number of ether oxygens (including phenoxy) is 1. The van der Waals surface area contributed by atoms with E-state index in [1.165, 1.54) is 10.5 Å². The number of halogens is 1. The van der Waals surface area contributed by atoms with Crippen molar-refractivity contribution >= 4 is 29.6 Å². The van der Waals surface area contributed by atoms with Crippen molar-refractivity contribution in [1.29, 1.82) is 0 Å². The van der Waals surface area contributed by atoms with Crippen LogP contribution in [0, 0.1) is 5.92 Å². The average molecular weight is 529 g/mol. The standard InChI is InChI=1S/C29H37ClN2O5/c1-29(2,3)37-28(36)32(5)22(16-19-10-13-21(30)14-11-19)18-31(4)27(35)25(17-26(33)34)24-15-12-20-8-6-7-9-23(20)24/h6-11,13-14,22,24-25H,12,15-18H2,1-5H3,(H,33,34)/t22?,24-,25?/m0/s1. The van der Waals surface area contributed by atoms with E-state index < -0.39 is 29.6 Å². The minimum absolute atomic E-state index is 0.152. The number of nitrogens with zero attached hydrogens (tertiary/aromatic N) is 2. The van der Waals surface area contributed by atoms with Gasteiger partial charge < -0.3 is 19.6 Å². The Morgan fingerprint density at radius 2 is 1.73 bits per heavy atom. The first-order chi connectivity index (χ1) is 17.4. The summed E-state index contributed by atoms with van der Waals surface area (Å²) in [6.45, 7) is 5.64. The highest BCUT2D eigenvalue weighted by atomic mass is 35.5. The number of rotatable bonds is 9. The fraction of sp³-hybridized carbons (Fsp3) is 0.483. The second-order valence-electron chi connectivity index (χ2n) is 10.8. The van der Waals surface area contributed by atoms with Crippen LogP contribution in [-0.4, -0.2) is 65.2 Å². The number of carbonyl (C=O) groups excluding carboxylic acids is 2. The Morgan fingerprint density at radius 3 is 2.35 bits per heavy atom. The Hall–Kier alpha value is -3.06. The molecular formula is C29H37ClN2O5. The molecule has 3 rings (SSSR count). The van der Waals surface area contributed by atoms with Crippen molar-refractivity contribution in [2.24, 2.45) is 5.92 Å². The summed E-state index contributed by atoms with van der Waals surface area (Å²) in [5.41, 5.74) is 2.51. The van der Waals surface area contributed by atoms with Crippen LogP contribution >= 0.6 is 11.6 Å². The van der Waals surface area contributed by atoms with Crippen molar-refractivity contribution in [3.8, 4) is 0 Å². The lowest BCUT2D eigenvalue weighted by Gasteiger charge is -2.35. The molecule has 0 radical (unpaired) electrons. The molecule has 8 heteroatoms. The fourth-order valence-corrected chi connectivity index (χ4v) is 5.11. The zero-order valence-corrected chi connectivity index (χ0v) is 23.0. The van der Waals surface area contributed by atoms with E-state index in [9.17, 15) is 19.5 Å². The molecule has 1 aliphatic carbocycles. The molecule has 0 bridgehead atoms. The molecule has 37 heavy (non-hydrogen) atoms. The maximum Gasteiger partial charge on any atom is 0.410 e. The average Bonchev–Trinajstić information content (AvgIpc) is 3.25. The molecule has 0 aliphatic heterocycles. The molecule has 0 saturated heterocycles. The number of fused-ring (bicyclic) bond motifs is 1. The van der Waals surface area contributed by atoms with Crippen LogP contribution in [0.1, 0.15) is 56.2 Å². The molecule has 1 aliphatic rings. The second kappa shape index (κ2) is 12.0. The first-order valence-corrected chi connectivity index (χ1v) is 13.0. The van der Waals surface area contributed by atoms with Crippen LogP contribution in [0.2, 0.25) is 5.02 Å². The van der Waals surface area contributed by atoms with Crippen LogP contribution < -0.4 is 0 Å². The van der Waals surface area contributed by atoms with E-state index in [2.05, 4.69) is 0 Å². The van der Waals surface area contributed by atoms with Crippen LogP contribution in [0.4, 0.5) is 4.79 Å². The van der Waals surface area contributed by atoms with E-state index in [1.807, 2.05) is 36.4 Å². The quantitative estimate of drug-likeness (QED) is 0.471. The van der Waals surface area contributed by atoms with Crippen LogP contribution in [0.15, 0.2) is 48.5 Å². The van der Waals surface area contributed by atoms with E-state index in [1.54, 1.807) is 51.9 Å². The Balaban J connectivity index is 1.84. The topological polar surface area (TPSA) is 87.2 Å².